The fraction of sp³-hybridized carbons (Fsp3) is 0.120. The molecule has 1 atom stereocenters. The van der Waals surface area contributed by atoms with Crippen molar-refractivity contribution in [1.82, 2.24) is 15.0 Å². The van der Waals surface area contributed by atoms with Crippen LogP contribution in [0.4, 0.5) is 11.5 Å². The van der Waals surface area contributed by atoms with Crippen molar-refractivity contribution >= 4 is 38.0 Å². The van der Waals surface area contributed by atoms with Gasteiger partial charge in [-0.15, -0.1) is 0 Å². The lowest BCUT2D eigenvalue weighted by Gasteiger charge is -2.19. The smallest absolute Gasteiger partial charge is 0.221 e. The Morgan fingerprint density at radius 1 is 1.06 bits per heavy atom. The van der Waals surface area contributed by atoms with Crippen LogP contribution in [0.25, 0.3) is 22.0 Å². The molecule has 0 fully saturated rings. The van der Waals surface area contributed by atoms with Gasteiger partial charge in [-0.3, -0.25) is 14.8 Å². The van der Waals surface area contributed by atoms with E-state index in [0.29, 0.717) is 17.2 Å². The summed E-state index contributed by atoms with van der Waals surface area (Å²) in [4.78, 5) is 24.4. The molecule has 34 heavy (non-hydrogen) atoms. The molecular formula is C25H23N5O3S. The van der Waals surface area contributed by atoms with Crippen molar-refractivity contribution in [2.45, 2.75) is 24.1 Å². The molecule has 1 amide bonds. The largest absolute Gasteiger partial charge is 0.350 e. The van der Waals surface area contributed by atoms with Crippen molar-refractivity contribution in [1.29, 1.82) is 0 Å². The van der Waals surface area contributed by atoms with Crippen LogP contribution in [0, 0.1) is 6.92 Å². The minimum Gasteiger partial charge on any atom is -0.350 e. The molecule has 1 unspecified atom stereocenters. The molecular weight excluding hydrogens is 450 g/mol. The van der Waals surface area contributed by atoms with E-state index < -0.39 is 15.2 Å². The zero-order chi connectivity index (χ0) is 24.3. The third-order valence-corrected chi connectivity index (χ3v) is 7.17. The van der Waals surface area contributed by atoms with E-state index in [4.69, 9.17) is 4.98 Å². The van der Waals surface area contributed by atoms with E-state index in [9.17, 15) is 13.2 Å². The van der Waals surface area contributed by atoms with Gasteiger partial charge in [0.1, 0.15) is 5.82 Å². The fourth-order valence-electron chi connectivity index (χ4n) is 3.58. The molecule has 3 heterocycles. The molecule has 0 aliphatic heterocycles. The lowest BCUT2D eigenvalue weighted by molar-refractivity contribution is -0.114. The first-order valence-corrected chi connectivity index (χ1v) is 12.0. The Morgan fingerprint density at radius 3 is 2.44 bits per heavy atom. The predicted octanol–water partition coefficient (Wildman–Crippen LogP) is 4.36. The number of benzene rings is 1. The number of anilines is 2. The van der Waals surface area contributed by atoms with Gasteiger partial charge in [0.15, 0.2) is 5.37 Å². The maximum Gasteiger partial charge on any atom is 0.221 e. The van der Waals surface area contributed by atoms with E-state index in [0.717, 1.165) is 21.9 Å². The molecule has 3 aromatic heterocycles. The molecule has 0 bridgehead atoms. The number of nitrogens with one attached hydrogen (secondary N) is 2. The number of nitrogens with zero attached hydrogens (tertiary/aromatic N) is 3. The number of aryl methyl sites for hydroxylation is 1. The van der Waals surface area contributed by atoms with Crippen molar-refractivity contribution in [2.24, 2.45) is 0 Å². The number of sulfone groups is 1. The number of carbonyl (C=O) groups excluding carboxylic acids is 1. The van der Waals surface area contributed by atoms with Crippen LogP contribution in [-0.4, -0.2) is 34.7 Å². The Morgan fingerprint density at radius 2 is 1.76 bits per heavy atom. The monoisotopic (exact) mass is 473 g/mol. The molecule has 4 aromatic rings. The first kappa shape index (κ1) is 23.1. The number of aromatic nitrogens is 3. The quantitative estimate of drug-likeness (QED) is 0.383. The number of pyridine rings is 3. The van der Waals surface area contributed by atoms with Crippen LogP contribution < -0.4 is 10.6 Å². The zero-order valence-electron chi connectivity index (χ0n) is 18.7. The van der Waals surface area contributed by atoms with Crippen LogP contribution in [-0.2, 0) is 14.6 Å². The van der Waals surface area contributed by atoms with Gasteiger partial charge in [-0.25, -0.2) is 13.4 Å². The predicted molar refractivity (Wildman–Crippen MR) is 133 cm³/mol. The van der Waals surface area contributed by atoms with Gasteiger partial charge in [0.05, 0.1) is 10.6 Å². The molecule has 0 aliphatic carbocycles. The summed E-state index contributed by atoms with van der Waals surface area (Å²) in [5, 5.41) is 6.08. The van der Waals surface area contributed by atoms with Crippen molar-refractivity contribution in [3.63, 3.8) is 0 Å². The second kappa shape index (κ2) is 9.40. The van der Waals surface area contributed by atoms with E-state index in [-0.39, 0.29) is 10.8 Å². The second-order valence-corrected chi connectivity index (χ2v) is 9.76. The fourth-order valence-corrected chi connectivity index (χ4v) is 4.91. The molecule has 0 saturated carbocycles. The lowest BCUT2D eigenvalue weighted by atomic mass is 10.1. The highest BCUT2D eigenvalue weighted by Gasteiger charge is 2.26. The Labute approximate surface area is 197 Å². The normalized spacial score (nSPS) is 12.2. The van der Waals surface area contributed by atoms with Crippen molar-refractivity contribution in [3.8, 4) is 11.3 Å². The highest BCUT2D eigenvalue weighted by atomic mass is 32.2. The summed E-state index contributed by atoms with van der Waals surface area (Å²) in [6, 6.07) is 11.5. The van der Waals surface area contributed by atoms with Gasteiger partial charge < -0.3 is 10.6 Å². The molecule has 4 rings (SSSR count). The van der Waals surface area contributed by atoms with Gasteiger partial charge in [0, 0.05) is 53.7 Å². The average molecular weight is 474 g/mol. The molecule has 9 heteroatoms. The molecule has 0 saturated heterocycles. The summed E-state index contributed by atoms with van der Waals surface area (Å²) in [6.07, 6.45) is 8.10. The SMILES string of the molecule is C=CC(Nc1nc(-c2ccncc2C)cc2cnccc12)S(=O)(=O)c1ccc(NC(C)=O)cc1. The standard InChI is InChI=1S/C25H23N5O3S/c1-4-24(34(32,33)20-7-5-19(6-8-20)28-17(3)31)30-25-22-10-12-27-15-18(22)13-23(29-25)21-9-11-26-14-16(21)2/h4-15,24H,1H2,2-3H3,(H,28,31)(H,29,30). The summed E-state index contributed by atoms with van der Waals surface area (Å²) >= 11 is 0. The maximum atomic E-state index is 13.4. The van der Waals surface area contributed by atoms with Crippen molar-refractivity contribution in [3.05, 3.63) is 85.5 Å². The summed E-state index contributed by atoms with van der Waals surface area (Å²) in [7, 11) is -3.86. The van der Waals surface area contributed by atoms with E-state index in [1.54, 1.807) is 43.0 Å². The lowest BCUT2D eigenvalue weighted by Crippen LogP contribution is -2.28. The minimum absolute atomic E-state index is 0.0890. The third kappa shape index (κ3) is 4.65. The zero-order valence-corrected chi connectivity index (χ0v) is 19.5. The average Bonchev–Trinajstić information content (AvgIpc) is 2.82. The highest BCUT2D eigenvalue weighted by Crippen LogP contribution is 2.30. The van der Waals surface area contributed by atoms with Crippen molar-refractivity contribution < 1.29 is 13.2 Å². The maximum absolute atomic E-state index is 13.4. The van der Waals surface area contributed by atoms with Crippen LogP contribution in [0.3, 0.4) is 0 Å². The molecule has 2 N–H and O–H groups in total. The number of fused-ring (bicyclic) bond motifs is 1. The Kier molecular flexibility index (Phi) is 6.38. The number of hydrogen-bond acceptors (Lipinski definition) is 7. The summed E-state index contributed by atoms with van der Waals surface area (Å²) in [5.74, 6) is 0.160. The molecule has 0 aliphatic rings. The second-order valence-electron chi connectivity index (χ2n) is 7.69. The van der Waals surface area contributed by atoms with Crippen LogP contribution in [0.15, 0.2) is 84.8 Å². The van der Waals surface area contributed by atoms with E-state index in [1.807, 2.05) is 19.1 Å². The summed E-state index contributed by atoms with van der Waals surface area (Å²) in [5.41, 5.74) is 3.00. The van der Waals surface area contributed by atoms with E-state index >= 15 is 0 Å². The molecule has 1 aromatic carbocycles. The Bertz CT molecular complexity index is 1480. The molecule has 0 radical (unpaired) electrons. The van der Waals surface area contributed by atoms with Gasteiger partial charge in [-0.05, 0) is 55.0 Å². The van der Waals surface area contributed by atoms with Crippen LogP contribution >= 0.6 is 0 Å². The molecule has 0 spiro atoms. The Hall–Kier alpha value is -4.11. The first-order valence-electron chi connectivity index (χ1n) is 10.5. The number of amides is 1. The van der Waals surface area contributed by atoms with Gasteiger partial charge in [0.2, 0.25) is 15.7 Å². The topological polar surface area (TPSA) is 114 Å². The van der Waals surface area contributed by atoms with Crippen LogP contribution in [0.1, 0.15) is 12.5 Å². The number of hydrogen-bond donors (Lipinski definition) is 2. The van der Waals surface area contributed by atoms with Gasteiger partial charge in [0.25, 0.3) is 0 Å². The summed E-state index contributed by atoms with van der Waals surface area (Å²) in [6.45, 7) is 7.06. The minimum atomic E-state index is -3.86. The highest BCUT2D eigenvalue weighted by molar-refractivity contribution is 7.92. The number of carbonyl (C=O) groups is 1. The van der Waals surface area contributed by atoms with E-state index in [2.05, 4.69) is 27.2 Å². The first-order chi connectivity index (χ1) is 16.3. The van der Waals surface area contributed by atoms with Gasteiger partial charge >= 0.3 is 0 Å². The van der Waals surface area contributed by atoms with Crippen molar-refractivity contribution in [2.75, 3.05) is 10.6 Å². The molecule has 172 valence electrons. The molecule has 8 nitrogen and oxygen atoms in total. The van der Waals surface area contributed by atoms with E-state index in [1.165, 1.54) is 25.1 Å². The van der Waals surface area contributed by atoms with Crippen LogP contribution in [0.2, 0.25) is 0 Å². The van der Waals surface area contributed by atoms with Gasteiger partial charge in [-0.2, -0.15) is 0 Å². The van der Waals surface area contributed by atoms with Crippen LogP contribution in [0.5, 0.6) is 0 Å². The van der Waals surface area contributed by atoms with Gasteiger partial charge in [-0.1, -0.05) is 12.7 Å². The third-order valence-electron chi connectivity index (χ3n) is 5.26. The summed E-state index contributed by atoms with van der Waals surface area (Å²) < 4.78 is 26.8. The number of rotatable bonds is 7. The Balaban J connectivity index is 1.75.